The third kappa shape index (κ3) is 4.05. The summed E-state index contributed by atoms with van der Waals surface area (Å²) >= 11 is 0. The molecule has 1 aromatic rings. The van der Waals surface area contributed by atoms with E-state index in [1.165, 1.54) is 31.6 Å². The second-order valence-corrected chi connectivity index (χ2v) is 6.08. The second-order valence-electron chi connectivity index (χ2n) is 6.08. The molecule has 2 heteroatoms. The summed E-state index contributed by atoms with van der Waals surface area (Å²) in [7, 11) is 0. The highest BCUT2D eigenvalue weighted by atomic mass is 15.1. The quantitative estimate of drug-likeness (QED) is 0.844. The number of benzene rings is 1. The van der Waals surface area contributed by atoms with Crippen LogP contribution in [0.4, 0.5) is 0 Å². The topological polar surface area (TPSA) is 15.3 Å². The molecule has 0 spiro atoms. The molecular weight excluding hydrogens is 232 g/mol. The van der Waals surface area contributed by atoms with Crippen molar-refractivity contribution in [1.82, 2.24) is 10.2 Å². The number of likely N-dealkylation sites (tertiary alicyclic amines) is 1. The minimum Gasteiger partial charge on any atom is -0.310 e. The molecule has 0 amide bonds. The third-order valence-electron chi connectivity index (χ3n) is 4.21. The van der Waals surface area contributed by atoms with Crippen LogP contribution in [0.1, 0.15) is 38.8 Å². The maximum Gasteiger partial charge on any atom is 0.0358 e. The molecule has 1 fully saturated rings. The van der Waals surface area contributed by atoms with Gasteiger partial charge in [-0.05, 0) is 36.9 Å². The minimum absolute atomic E-state index is 0.474. The highest BCUT2D eigenvalue weighted by Gasteiger charge is 2.24. The highest BCUT2D eigenvalue weighted by molar-refractivity contribution is 5.19. The van der Waals surface area contributed by atoms with Gasteiger partial charge in [-0.25, -0.2) is 0 Å². The summed E-state index contributed by atoms with van der Waals surface area (Å²) < 4.78 is 0. The Labute approximate surface area is 118 Å². The summed E-state index contributed by atoms with van der Waals surface area (Å²) in [5.41, 5.74) is 1.42. The SMILES string of the molecule is CCNC(c1ccccc1)C(C)CN1CCC(C)C1. The van der Waals surface area contributed by atoms with Crippen molar-refractivity contribution in [2.75, 3.05) is 26.2 Å². The Bertz CT molecular complexity index is 363. The fourth-order valence-corrected chi connectivity index (χ4v) is 3.23. The Kier molecular flexibility index (Phi) is 5.41. The maximum absolute atomic E-state index is 3.66. The molecule has 0 bridgehead atoms. The van der Waals surface area contributed by atoms with Crippen LogP contribution in [0.15, 0.2) is 30.3 Å². The fourth-order valence-electron chi connectivity index (χ4n) is 3.23. The number of hydrogen-bond donors (Lipinski definition) is 1. The average Bonchev–Trinajstić information content (AvgIpc) is 2.82. The Hall–Kier alpha value is -0.860. The average molecular weight is 260 g/mol. The molecular formula is C17H28N2. The maximum atomic E-state index is 3.66. The van der Waals surface area contributed by atoms with Gasteiger partial charge in [0.05, 0.1) is 0 Å². The lowest BCUT2D eigenvalue weighted by atomic mass is 9.94. The standard InChI is InChI=1S/C17H28N2/c1-4-18-17(16-8-6-5-7-9-16)15(3)13-19-11-10-14(2)12-19/h5-9,14-15,17-18H,4,10-13H2,1-3H3. The van der Waals surface area contributed by atoms with Gasteiger partial charge in [0, 0.05) is 19.1 Å². The Morgan fingerprint density at radius 3 is 2.63 bits per heavy atom. The first-order chi connectivity index (χ1) is 9.20. The van der Waals surface area contributed by atoms with E-state index in [0.29, 0.717) is 12.0 Å². The molecule has 0 aliphatic carbocycles. The summed E-state index contributed by atoms with van der Waals surface area (Å²) in [5, 5.41) is 3.66. The zero-order valence-corrected chi connectivity index (χ0v) is 12.6. The zero-order valence-electron chi connectivity index (χ0n) is 12.6. The molecule has 1 heterocycles. The Balaban J connectivity index is 1.98. The minimum atomic E-state index is 0.474. The summed E-state index contributed by atoms with van der Waals surface area (Å²) in [4.78, 5) is 2.63. The molecule has 19 heavy (non-hydrogen) atoms. The smallest absolute Gasteiger partial charge is 0.0358 e. The van der Waals surface area contributed by atoms with Crippen molar-refractivity contribution in [2.24, 2.45) is 11.8 Å². The van der Waals surface area contributed by atoms with E-state index >= 15 is 0 Å². The van der Waals surface area contributed by atoms with E-state index in [1.54, 1.807) is 0 Å². The summed E-state index contributed by atoms with van der Waals surface area (Å²) in [6.07, 6.45) is 1.37. The molecule has 1 aliphatic rings. The summed E-state index contributed by atoms with van der Waals surface area (Å²) in [6, 6.07) is 11.3. The molecule has 0 radical (unpaired) electrons. The van der Waals surface area contributed by atoms with E-state index in [1.807, 2.05) is 0 Å². The van der Waals surface area contributed by atoms with Gasteiger partial charge in [-0.15, -0.1) is 0 Å². The van der Waals surface area contributed by atoms with Crippen LogP contribution in [0.25, 0.3) is 0 Å². The van der Waals surface area contributed by atoms with Crippen LogP contribution in [-0.2, 0) is 0 Å². The number of rotatable bonds is 6. The fraction of sp³-hybridized carbons (Fsp3) is 0.647. The van der Waals surface area contributed by atoms with E-state index in [0.717, 1.165) is 12.5 Å². The van der Waals surface area contributed by atoms with Gasteiger partial charge in [0.1, 0.15) is 0 Å². The van der Waals surface area contributed by atoms with Gasteiger partial charge in [0.25, 0.3) is 0 Å². The molecule has 1 saturated heterocycles. The van der Waals surface area contributed by atoms with Crippen molar-refractivity contribution in [2.45, 2.75) is 33.2 Å². The first kappa shape index (κ1) is 14.5. The highest BCUT2D eigenvalue weighted by Crippen LogP contribution is 2.25. The molecule has 3 unspecified atom stereocenters. The number of hydrogen-bond acceptors (Lipinski definition) is 2. The van der Waals surface area contributed by atoms with Gasteiger partial charge < -0.3 is 10.2 Å². The van der Waals surface area contributed by atoms with Crippen LogP contribution in [0, 0.1) is 11.8 Å². The lowest BCUT2D eigenvalue weighted by Gasteiger charge is -2.29. The van der Waals surface area contributed by atoms with Crippen LogP contribution in [0.5, 0.6) is 0 Å². The predicted molar refractivity (Wildman–Crippen MR) is 82.2 cm³/mol. The zero-order chi connectivity index (χ0) is 13.7. The van der Waals surface area contributed by atoms with Crippen LogP contribution in [-0.4, -0.2) is 31.1 Å². The normalized spacial score (nSPS) is 23.4. The van der Waals surface area contributed by atoms with Gasteiger partial charge in [-0.1, -0.05) is 51.1 Å². The lowest BCUT2D eigenvalue weighted by Crippen LogP contribution is -2.35. The van der Waals surface area contributed by atoms with Crippen LogP contribution >= 0.6 is 0 Å². The lowest BCUT2D eigenvalue weighted by molar-refractivity contribution is 0.243. The van der Waals surface area contributed by atoms with E-state index in [9.17, 15) is 0 Å². The molecule has 1 aromatic carbocycles. The van der Waals surface area contributed by atoms with Crippen LogP contribution in [0.3, 0.4) is 0 Å². The van der Waals surface area contributed by atoms with Crippen LogP contribution in [0.2, 0.25) is 0 Å². The van der Waals surface area contributed by atoms with E-state index in [4.69, 9.17) is 0 Å². The van der Waals surface area contributed by atoms with Crippen molar-refractivity contribution in [3.8, 4) is 0 Å². The summed E-state index contributed by atoms with van der Waals surface area (Å²) in [6.45, 7) is 11.7. The summed E-state index contributed by atoms with van der Waals surface area (Å²) in [5.74, 6) is 1.52. The van der Waals surface area contributed by atoms with Gasteiger partial charge >= 0.3 is 0 Å². The Morgan fingerprint density at radius 2 is 2.05 bits per heavy atom. The van der Waals surface area contributed by atoms with Crippen molar-refractivity contribution < 1.29 is 0 Å². The molecule has 1 N–H and O–H groups in total. The largest absolute Gasteiger partial charge is 0.310 e. The van der Waals surface area contributed by atoms with Crippen molar-refractivity contribution in [3.63, 3.8) is 0 Å². The van der Waals surface area contributed by atoms with Gasteiger partial charge in [-0.2, -0.15) is 0 Å². The molecule has 0 saturated carbocycles. The molecule has 3 atom stereocenters. The molecule has 106 valence electrons. The first-order valence-electron chi connectivity index (χ1n) is 7.71. The van der Waals surface area contributed by atoms with Crippen LogP contribution < -0.4 is 5.32 Å². The van der Waals surface area contributed by atoms with Gasteiger partial charge in [0.2, 0.25) is 0 Å². The van der Waals surface area contributed by atoms with Gasteiger partial charge in [-0.3, -0.25) is 0 Å². The first-order valence-corrected chi connectivity index (χ1v) is 7.71. The monoisotopic (exact) mass is 260 g/mol. The number of nitrogens with zero attached hydrogens (tertiary/aromatic N) is 1. The Morgan fingerprint density at radius 1 is 1.32 bits per heavy atom. The van der Waals surface area contributed by atoms with Gasteiger partial charge in [0.15, 0.2) is 0 Å². The predicted octanol–water partition coefficient (Wildman–Crippen LogP) is 3.32. The van der Waals surface area contributed by atoms with Crippen molar-refractivity contribution in [3.05, 3.63) is 35.9 Å². The molecule has 2 nitrogen and oxygen atoms in total. The third-order valence-corrected chi connectivity index (χ3v) is 4.21. The van der Waals surface area contributed by atoms with E-state index < -0.39 is 0 Å². The molecule has 0 aromatic heterocycles. The number of nitrogens with one attached hydrogen (secondary N) is 1. The van der Waals surface area contributed by atoms with E-state index in [-0.39, 0.29) is 0 Å². The van der Waals surface area contributed by atoms with Crippen molar-refractivity contribution in [1.29, 1.82) is 0 Å². The molecule has 1 aliphatic heterocycles. The van der Waals surface area contributed by atoms with E-state index in [2.05, 4.69) is 61.3 Å². The second kappa shape index (κ2) is 7.06. The van der Waals surface area contributed by atoms with Crippen molar-refractivity contribution >= 4 is 0 Å². The molecule has 2 rings (SSSR count).